The summed E-state index contributed by atoms with van der Waals surface area (Å²) in [6.07, 6.45) is 0. The molecule has 0 spiro atoms. The Morgan fingerprint density at radius 2 is 1.44 bits per heavy atom. The van der Waals surface area contributed by atoms with Crippen LogP contribution in [0.5, 0.6) is 0 Å². The lowest BCUT2D eigenvalue weighted by atomic mass is 9.94. The average Bonchev–Trinajstić information content (AvgIpc) is 2.88. The van der Waals surface area contributed by atoms with E-state index in [9.17, 15) is 14.4 Å². The van der Waals surface area contributed by atoms with Crippen molar-refractivity contribution >= 4 is 28.6 Å². The monoisotopic (exact) mass is 459 g/mol. The number of imide groups is 1. The van der Waals surface area contributed by atoms with Crippen molar-refractivity contribution in [3.63, 3.8) is 0 Å². The molecular formula is C27H29N3O4+2. The van der Waals surface area contributed by atoms with Crippen molar-refractivity contribution in [2.75, 3.05) is 46.4 Å². The minimum atomic E-state index is -0.318. The smallest absolute Gasteiger partial charge is 0.337 e. The Morgan fingerprint density at radius 3 is 2.03 bits per heavy atom. The number of nitrogens with zero attached hydrogens (tertiary/aromatic N) is 1. The van der Waals surface area contributed by atoms with E-state index in [-0.39, 0.29) is 17.8 Å². The normalized spacial score (nSPS) is 20.0. The molecule has 3 aromatic rings. The van der Waals surface area contributed by atoms with Crippen LogP contribution in [-0.4, -0.2) is 69.1 Å². The Labute approximate surface area is 198 Å². The van der Waals surface area contributed by atoms with Crippen LogP contribution in [0.15, 0.2) is 60.7 Å². The van der Waals surface area contributed by atoms with Gasteiger partial charge in [0.25, 0.3) is 11.8 Å². The van der Waals surface area contributed by atoms with Crippen LogP contribution < -0.4 is 9.80 Å². The van der Waals surface area contributed by atoms with E-state index < -0.39 is 0 Å². The molecule has 2 heterocycles. The molecule has 5 rings (SSSR count). The molecule has 34 heavy (non-hydrogen) atoms. The van der Waals surface area contributed by atoms with Gasteiger partial charge in [0.1, 0.15) is 32.7 Å². The van der Waals surface area contributed by atoms with Gasteiger partial charge in [-0.2, -0.15) is 0 Å². The maximum absolute atomic E-state index is 13.1. The summed E-state index contributed by atoms with van der Waals surface area (Å²) >= 11 is 0. The summed E-state index contributed by atoms with van der Waals surface area (Å²) < 4.78 is 4.76. The zero-order chi connectivity index (χ0) is 23.7. The van der Waals surface area contributed by atoms with Gasteiger partial charge in [0.15, 0.2) is 0 Å². The van der Waals surface area contributed by atoms with E-state index in [0.29, 0.717) is 23.2 Å². The number of nitrogens with one attached hydrogen (secondary N) is 2. The minimum absolute atomic E-state index is 0.187. The van der Waals surface area contributed by atoms with Crippen molar-refractivity contribution in [2.24, 2.45) is 0 Å². The lowest BCUT2D eigenvalue weighted by molar-refractivity contribution is -1.02. The number of carbonyl (C=O) groups excluding carboxylic acids is 3. The Morgan fingerprint density at radius 1 is 0.853 bits per heavy atom. The van der Waals surface area contributed by atoms with Gasteiger partial charge in [0, 0.05) is 22.1 Å². The first-order valence-electron chi connectivity index (χ1n) is 11.8. The Hall–Kier alpha value is -3.55. The summed E-state index contributed by atoms with van der Waals surface area (Å²) in [6, 6.07) is 18.9. The zero-order valence-electron chi connectivity index (χ0n) is 19.3. The topological polar surface area (TPSA) is 72.6 Å². The fraction of sp³-hybridized carbons (Fsp3) is 0.296. The van der Waals surface area contributed by atoms with Crippen LogP contribution in [0.25, 0.3) is 10.8 Å². The molecule has 0 bridgehead atoms. The third-order valence-electron chi connectivity index (χ3n) is 7.04. The number of ether oxygens (including phenoxy) is 1. The lowest BCUT2D eigenvalue weighted by Gasteiger charge is -2.32. The number of esters is 1. The second-order valence-electron chi connectivity index (χ2n) is 9.09. The molecule has 0 radical (unpaired) electrons. The second-order valence-corrected chi connectivity index (χ2v) is 9.09. The van der Waals surface area contributed by atoms with Gasteiger partial charge in [0.2, 0.25) is 0 Å². The van der Waals surface area contributed by atoms with Gasteiger partial charge in [-0.15, -0.1) is 0 Å². The van der Waals surface area contributed by atoms with Crippen LogP contribution in [0.2, 0.25) is 0 Å². The number of benzene rings is 3. The van der Waals surface area contributed by atoms with E-state index in [0.717, 1.165) is 50.0 Å². The van der Waals surface area contributed by atoms with Crippen molar-refractivity contribution in [3.05, 3.63) is 82.9 Å². The van der Waals surface area contributed by atoms with Crippen LogP contribution in [0.1, 0.15) is 36.6 Å². The Kier molecular flexibility index (Phi) is 6.13. The fourth-order valence-electron chi connectivity index (χ4n) is 5.10. The molecule has 0 atom stereocenters. The molecule has 7 nitrogen and oxygen atoms in total. The summed E-state index contributed by atoms with van der Waals surface area (Å²) in [4.78, 5) is 42.1. The van der Waals surface area contributed by atoms with Crippen molar-refractivity contribution in [1.29, 1.82) is 0 Å². The molecule has 0 aliphatic carbocycles. The molecule has 2 amide bonds. The van der Waals surface area contributed by atoms with Gasteiger partial charge in [-0.05, 0) is 29.7 Å². The standard InChI is InChI=1S/C27H27N3O4/c1-34-27(33)21-10-8-19(9-11-21)18-29-14-12-28(13-15-29)16-17-30-25(31)22-6-2-4-20-5-3-7-23(24(20)22)26(30)32/h2-11H,12-18H2,1H3/p+2. The van der Waals surface area contributed by atoms with Crippen molar-refractivity contribution in [2.45, 2.75) is 6.54 Å². The molecule has 3 aromatic carbocycles. The van der Waals surface area contributed by atoms with E-state index in [4.69, 9.17) is 4.74 Å². The fourth-order valence-corrected chi connectivity index (χ4v) is 5.10. The molecule has 1 saturated heterocycles. The number of quaternary nitrogens is 2. The van der Waals surface area contributed by atoms with Crippen molar-refractivity contribution < 1.29 is 28.9 Å². The predicted molar refractivity (Wildman–Crippen MR) is 127 cm³/mol. The maximum Gasteiger partial charge on any atom is 0.337 e. The number of carbonyl (C=O) groups is 3. The second kappa shape index (κ2) is 9.37. The first kappa shape index (κ1) is 22.3. The summed E-state index contributed by atoms with van der Waals surface area (Å²) in [5.74, 6) is -0.691. The van der Waals surface area contributed by atoms with Crippen LogP contribution in [0, 0.1) is 0 Å². The molecule has 1 fully saturated rings. The van der Waals surface area contributed by atoms with Crippen LogP contribution >= 0.6 is 0 Å². The highest BCUT2D eigenvalue weighted by atomic mass is 16.5. The van der Waals surface area contributed by atoms with Gasteiger partial charge in [-0.3, -0.25) is 14.5 Å². The molecule has 0 unspecified atom stereocenters. The molecule has 7 heteroatoms. The highest BCUT2D eigenvalue weighted by Gasteiger charge is 2.33. The summed E-state index contributed by atoms with van der Waals surface area (Å²) in [5, 5.41) is 1.71. The van der Waals surface area contributed by atoms with Gasteiger partial charge in [0.05, 0.1) is 25.8 Å². The highest BCUT2D eigenvalue weighted by Crippen LogP contribution is 2.29. The number of hydrogen-bond acceptors (Lipinski definition) is 4. The van der Waals surface area contributed by atoms with Gasteiger partial charge in [-0.1, -0.05) is 36.4 Å². The number of hydrogen-bond donors (Lipinski definition) is 2. The highest BCUT2D eigenvalue weighted by molar-refractivity contribution is 6.25. The summed E-state index contributed by atoms with van der Waals surface area (Å²) in [7, 11) is 1.39. The number of amides is 2. The maximum atomic E-state index is 13.1. The van der Waals surface area contributed by atoms with Crippen molar-refractivity contribution in [1.82, 2.24) is 4.90 Å². The Bertz CT molecular complexity index is 1200. The van der Waals surface area contributed by atoms with Crippen LogP contribution in [-0.2, 0) is 11.3 Å². The van der Waals surface area contributed by atoms with E-state index in [1.165, 1.54) is 27.4 Å². The zero-order valence-corrected chi connectivity index (χ0v) is 19.3. The van der Waals surface area contributed by atoms with E-state index in [2.05, 4.69) is 0 Å². The minimum Gasteiger partial charge on any atom is -0.465 e. The lowest BCUT2D eigenvalue weighted by Crippen LogP contribution is -3.27. The Balaban J connectivity index is 1.16. The molecule has 174 valence electrons. The molecule has 0 saturated carbocycles. The predicted octanol–water partition coefficient (Wildman–Crippen LogP) is 0.206. The molecule has 2 aliphatic heterocycles. The third-order valence-corrected chi connectivity index (χ3v) is 7.04. The summed E-state index contributed by atoms with van der Waals surface area (Å²) in [5.41, 5.74) is 3.00. The van der Waals surface area contributed by atoms with Gasteiger partial charge in [-0.25, -0.2) is 4.79 Å². The first-order chi connectivity index (χ1) is 16.5. The molecule has 2 N–H and O–H groups in total. The average molecular weight is 460 g/mol. The quantitative estimate of drug-likeness (QED) is 0.408. The largest absolute Gasteiger partial charge is 0.465 e. The van der Waals surface area contributed by atoms with Gasteiger partial charge < -0.3 is 14.5 Å². The number of rotatable bonds is 6. The molecule has 0 aromatic heterocycles. The van der Waals surface area contributed by atoms with Crippen LogP contribution in [0.3, 0.4) is 0 Å². The molecule has 2 aliphatic rings. The van der Waals surface area contributed by atoms with Crippen molar-refractivity contribution in [3.8, 4) is 0 Å². The van der Waals surface area contributed by atoms with Crippen LogP contribution in [0.4, 0.5) is 0 Å². The molecular weight excluding hydrogens is 430 g/mol. The summed E-state index contributed by atoms with van der Waals surface area (Å²) in [6.45, 7) is 6.16. The van der Waals surface area contributed by atoms with E-state index in [1.807, 2.05) is 60.7 Å². The van der Waals surface area contributed by atoms with E-state index in [1.54, 1.807) is 0 Å². The number of piperazine rings is 1. The van der Waals surface area contributed by atoms with Gasteiger partial charge >= 0.3 is 5.97 Å². The van der Waals surface area contributed by atoms with E-state index >= 15 is 0 Å². The third kappa shape index (κ3) is 4.20. The first-order valence-corrected chi connectivity index (χ1v) is 11.8. The SMILES string of the molecule is COC(=O)c1ccc(C[NH+]2CC[NH+](CCN3C(=O)c4cccc5cccc(c45)C3=O)CC2)cc1. The number of methoxy groups -OCH3 is 1.